The predicted molar refractivity (Wildman–Crippen MR) is 66.1 cm³/mol. The molecule has 16 heavy (non-hydrogen) atoms. The van der Waals surface area contributed by atoms with Crippen LogP contribution in [0.4, 0.5) is 0 Å². The van der Waals surface area contributed by atoms with Gasteiger partial charge in [0.15, 0.2) is 0 Å². The van der Waals surface area contributed by atoms with E-state index in [4.69, 9.17) is 0 Å². The van der Waals surface area contributed by atoms with Crippen LogP contribution in [0.5, 0.6) is 0 Å². The Bertz CT molecular complexity index is 322. The first kappa shape index (κ1) is 11.4. The highest BCUT2D eigenvalue weighted by Crippen LogP contribution is 2.43. The number of allylic oxidation sites excluding steroid dienone is 2. The number of hydrogen-bond donors (Lipinski definition) is 0. The summed E-state index contributed by atoms with van der Waals surface area (Å²) in [5.74, 6) is 0.0948. The summed E-state index contributed by atoms with van der Waals surface area (Å²) in [6.45, 7) is 7.60. The second kappa shape index (κ2) is 4.44. The molecule has 0 unspecified atom stereocenters. The quantitative estimate of drug-likeness (QED) is 0.490. The van der Waals surface area contributed by atoms with Crippen LogP contribution in [0.25, 0.3) is 0 Å². The molecule has 1 aliphatic carbocycles. The molecule has 1 amide bonds. The SMILES string of the molecule is C=CC(=O)N1CCC2(CC=C(C)CC2)CC1. The van der Waals surface area contributed by atoms with Crippen molar-refractivity contribution in [3.8, 4) is 0 Å². The zero-order chi connectivity index (χ0) is 11.6. The van der Waals surface area contributed by atoms with E-state index in [9.17, 15) is 4.79 Å². The lowest BCUT2D eigenvalue weighted by molar-refractivity contribution is -0.128. The highest BCUT2D eigenvalue weighted by Gasteiger charge is 2.35. The molecule has 0 aromatic heterocycles. The van der Waals surface area contributed by atoms with Gasteiger partial charge in [0, 0.05) is 13.1 Å². The van der Waals surface area contributed by atoms with E-state index in [-0.39, 0.29) is 5.91 Å². The van der Waals surface area contributed by atoms with Gasteiger partial charge in [-0.15, -0.1) is 0 Å². The Kier molecular flexibility index (Phi) is 3.17. The molecule has 2 rings (SSSR count). The Hall–Kier alpha value is -1.05. The van der Waals surface area contributed by atoms with Crippen LogP contribution in [-0.2, 0) is 4.79 Å². The molecule has 0 saturated carbocycles. The molecule has 0 N–H and O–H groups in total. The minimum atomic E-state index is 0.0948. The third kappa shape index (κ3) is 2.21. The van der Waals surface area contributed by atoms with Crippen molar-refractivity contribution < 1.29 is 4.79 Å². The molecule has 88 valence electrons. The van der Waals surface area contributed by atoms with Crippen LogP contribution in [0.2, 0.25) is 0 Å². The fourth-order valence-electron chi connectivity index (χ4n) is 2.84. The Morgan fingerprint density at radius 2 is 2.12 bits per heavy atom. The average Bonchev–Trinajstić information content (AvgIpc) is 2.33. The zero-order valence-electron chi connectivity index (χ0n) is 10.2. The maximum absolute atomic E-state index is 11.5. The Morgan fingerprint density at radius 3 is 2.62 bits per heavy atom. The molecule has 0 atom stereocenters. The topological polar surface area (TPSA) is 20.3 Å². The largest absolute Gasteiger partial charge is 0.339 e. The van der Waals surface area contributed by atoms with E-state index in [1.54, 1.807) is 0 Å². The molecule has 0 radical (unpaired) electrons. The number of hydrogen-bond acceptors (Lipinski definition) is 1. The smallest absolute Gasteiger partial charge is 0.245 e. The summed E-state index contributed by atoms with van der Waals surface area (Å²) < 4.78 is 0. The number of nitrogens with zero attached hydrogens (tertiary/aromatic N) is 1. The van der Waals surface area contributed by atoms with Crippen molar-refractivity contribution in [1.29, 1.82) is 0 Å². The van der Waals surface area contributed by atoms with Crippen LogP contribution in [0.15, 0.2) is 24.3 Å². The van der Waals surface area contributed by atoms with Crippen LogP contribution >= 0.6 is 0 Å². The van der Waals surface area contributed by atoms with Crippen LogP contribution in [0.3, 0.4) is 0 Å². The second-order valence-electron chi connectivity index (χ2n) is 5.28. The summed E-state index contributed by atoms with van der Waals surface area (Å²) >= 11 is 0. The van der Waals surface area contributed by atoms with Crippen molar-refractivity contribution in [2.75, 3.05) is 13.1 Å². The highest BCUT2D eigenvalue weighted by atomic mass is 16.2. The summed E-state index contributed by atoms with van der Waals surface area (Å²) in [5.41, 5.74) is 2.03. The van der Waals surface area contributed by atoms with Gasteiger partial charge in [0.1, 0.15) is 0 Å². The number of carbonyl (C=O) groups is 1. The second-order valence-corrected chi connectivity index (χ2v) is 5.28. The van der Waals surface area contributed by atoms with E-state index in [2.05, 4.69) is 19.6 Å². The average molecular weight is 219 g/mol. The van der Waals surface area contributed by atoms with Crippen LogP contribution in [-0.4, -0.2) is 23.9 Å². The molecule has 1 aliphatic heterocycles. The normalized spacial score (nSPS) is 24.1. The number of piperidine rings is 1. The Morgan fingerprint density at radius 1 is 1.44 bits per heavy atom. The highest BCUT2D eigenvalue weighted by molar-refractivity contribution is 5.87. The maximum atomic E-state index is 11.5. The van der Waals surface area contributed by atoms with E-state index < -0.39 is 0 Å². The molecule has 0 aromatic rings. The molecule has 1 heterocycles. The van der Waals surface area contributed by atoms with Crippen molar-refractivity contribution in [3.05, 3.63) is 24.3 Å². The van der Waals surface area contributed by atoms with Gasteiger partial charge in [-0.05, 0) is 50.5 Å². The summed E-state index contributed by atoms with van der Waals surface area (Å²) in [7, 11) is 0. The van der Waals surface area contributed by atoms with Crippen molar-refractivity contribution in [3.63, 3.8) is 0 Å². The van der Waals surface area contributed by atoms with E-state index >= 15 is 0 Å². The minimum Gasteiger partial charge on any atom is -0.339 e. The molecule has 0 bridgehead atoms. The molecule has 1 fully saturated rings. The third-order valence-corrected chi connectivity index (χ3v) is 4.24. The lowest BCUT2D eigenvalue weighted by Gasteiger charge is -2.43. The van der Waals surface area contributed by atoms with Gasteiger partial charge in [0.05, 0.1) is 0 Å². The Balaban J connectivity index is 1.94. The lowest BCUT2D eigenvalue weighted by Crippen LogP contribution is -2.43. The Labute approximate surface area is 98.0 Å². The van der Waals surface area contributed by atoms with Crippen LogP contribution in [0.1, 0.15) is 39.0 Å². The number of rotatable bonds is 1. The molecule has 1 spiro atoms. The summed E-state index contributed by atoms with van der Waals surface area (Å²) in [6.07, 6.45) is 9.93. The van der Waals surface area contributed by atoms with Crippen LogP contribution < -0.4 is 0 Å². The molecule has 2 nitrogen and oxygen atoms in total. The maximum Gasteiger partial charge on any atom is 0.245 e. The first-order valence-electron chi connectivity index (χ1n) is 6.22. The van der Waals surface area contributed by atoms with Crippen LogP contribution in [0, 0.1) is 5.41 Å². The van der Waals surface area contributed by atoms with Crippen molar-refractivity contribution in [2.24, 2.45) is 5.41 Å². The van der Waals surface area contributed by atoms with E-state index in [0.29, 0.717) is 5.41 Å². The zero-order valence-corrected chi connectivity index (χ0v) is 10.2. The van der Waals surface area contributed by atoms with Gasteiger partial charge in [-0.25, -0.2) is 0 Å². The van der Waals surface area contributed by atoms with Gasteiger partial charge in [0.2, 0.25) is 5.91 Å². The van der Waals surface area contributed by atoms with Gasteiger partial charge in [-0.3, -0.25) is 4.79 Å². The summed E-state index contributed by atoms with van der Waals surface area (Å²) in [6, 6.07) is 0. The van der Waals surface area contributed by atoms with E-state index in [1.807, 2.05) is 4.90 Å². The molecule has 2 aliphatic rings. The number of carbonyl (C=O) groups excluding carboxylic acids is 1. The molecule has 2 heteroatoms. The van der Waals surface area contributed by atoms with Gasteiger partial charge < -0.3 is 4.90 Å². The van der Waals surface area contributed by atoms with E-state index in [0.717, 1.165) is 25.9 Å². The van der Waals surface area contributed by atoms with Crippen molar-refractivity contribution >= 4 is 5.91 Å². The lowest BCUT2D eigenvalue weighted by atomic mass is 9.69. The minimum absolute atomic E-state index is 0.0948. The number of likely N-dealkylation sites (tertiary alicyclic amines) is 1. The summed E-state index contributed by atoms with van der Waals surface area (Å²) in [4.78, 5) is 13.4. The monoisotopic (exact) mass is 219 g/mol. The van der Waals surface area contributed by atoms with Crippen molar-refractivity contribution in [2.45, 2.75) is 39.0 Å². The molecule has 0 aromatic carbocycles. The van der Waals surface area contributed by atoms with Gasteiger partial charge in [-0.2, -0.15) is 0 Å². The van der Waals surface area contributed by atoms with Gasteiger partial charge >= 0.3 is 0 Å². The molecular formula is C14H21NO. The predicted octanol–water partition coefficient (Wildman–Crippen LogP) is 2.91. The fraction of sp³-hybridized carbons (Fsp3) is 0.643. The van der Waals surface area contributed by atoms with E-state index in [1.165, 1.54) is 30.9 Å². The standard InChI is InChI=1S/C14H21NO/c1-3-13(16)15-10-8-14(9-11-15)6-4-12(2)5-7-14/h3-4H,1,5-11H2,2H3. The fourth-order valence-corrected chi connectivity index (χ4v) is 2.84. The van der Waals surface area contributed by atoms with Crippen molar-refractivity contribution in [1.82, 2.24) is 4.90 Å². The molecule has 1 saturated heterocycles. The number of amides is 1. The first-order valence-corrected chi connectivity index (χ1v) is 6.22. The van der Waals surface area contributed by atoms with Gasteiger partial charge in [0.25, 0.3) is 0 Å². The van der Waals surface area contributed by atoms with Gasteiger partial charge in [-0.1, -0.05) is 18.2 Å². The molecular weight excluding hydrogens is 198 g/mol. The third-order valence-electron chi connectivity index (χ3n) is 4.24. The first-order chi connectivity index (χ1) is 7.65. The summed E-state index contributed by atoms with van der Waals surface area (Å²) in [5, 5.41) is 0.